The summed E-state index contributed by atoms with van der Waals surface area (Å²) in [5.74, 6) is 1.21. The van der Waals surface area contributed by atoms with Crippen LogP contribution in [0.15, 0.2) is 18.2 Å². The van der Waals surface area contributed by atoms with Crippen LogP contribution in [0.25, 0.3) is 16.7 Å². The second kappa shape index (κ2) is 10.0. The Labute approximate surface area is 193 Å². The molecule has 0 radical (unpaired) electrons. The van der Waals surface area contributed by atoms with Gasteiger partial charge in [0.05, 0.1) is 11.0 Å². The van der Waals surface area contributed by atoms with Gasteiger partial charge >= 0.3 is 6.09 Å². The minimum Gasteiger partial charge on any atom is -0.444 e. The van der Waals surface area contributed by atoms with E-state index in [4.69, 9.17) is 9.72 Å². The van der Waals surface area contributed by atoms with Gasteiger partial charge in [0.1, 0.15) is 11.4 Å². The number of benzene rings is 1. The highest BCUT2D eigenvalue weighted by Crippen LogP contribution is 2.24. The molecule has 1 aromatic carbocycles. The number of alkyl carbamates (subject to hydrolysis) is 1. The second-order valence-corrected chi connectivity index (χ2v) is 9.28. The van der Waals surface area contributed by atoms with Crippen LogP contribution in [0.2, 0.25) is 0 Å². The van der Waals surface area contributed by atoms with Crippen LogP contribution in [0.1, 0.15) is 53.3 Å². The fraction of sp³-hybridized carbons (Fsp3) is 0.522. The van der Waals surface area contributed by atoms with Crippen LogP contribution in [-0.4, -0.2) is 50.3 Å². The molecule has 3 aromatic rings. The molecule has 0 unspecified atom stereocenters. The fourth-order valence-electron chi connectivity index (χ4n) is 3.22. The molecule has 10 heteroatoms. The number of hydrogen-bond donors (Lipinski definition) is 3. The third-order valence-electron chi connectivity index (χ3n) is 4.84. The fourth-order valence-corrected chi connectivity index (χ4v) is 3.22. The minimum atomic E-state index is -0.507. The lowest BCUT2D eigenvalue weighted by Gasteiger charge is -2.19. The normalized spacial score (nSPS) is 11.7. The molecule has 2 aromatic heterocycles. The van der Waals surface area contributed by atoms with Crippen molar-refractivity contribution in [3.63, 3.8) is 0 Å². The lowest BCUT2D eigenvalue weighted by atomic mass is 10.2. The van der Waals surface area contributed by atoms with Crippen molar-refractivity contribution in [1.29, 1.82) is 0 Å². The third-order valence-corrected chi connectivity index (χ3v) is 4.84. The lowest BCUT2D eigenvalue weighted by molar-refractivity contribution is -0.118. The van der Waals surface area contributed by atoms with E-state index in [2.05, 4.69) is 26.1 Å². The highest BCUT2D eigenvalue weighted by atomic mass is 16.6. The topological polar surface area (TPSA) is 123 Å². The first kappa shape index (κ1) is 24.2. The summed E-state index contributed by atoms with van der Waals surface area (Å²) in [6, 6.07) is 5.62. The summed E-state index contributed by atoms with van der Waals surface area (Å²) in [4.78, 5) is 28.5. The van der Waals surface area contributed by atoms with Gasteiger partial charge in [-0.3, -0.25) is 9.20 Å². The van der Waals surface area contributed by atoms with Crippen molar-refractivity contribution >= 4 is 40.2 Å². The molecule has 0 bridgehead atoms. The van der Waals surface area contributed by atoms with Crippen LogP contribution in [0.5, 0.6) is 0 Å². The number of anilines is 2. The highest BCUT2D eigenvalue weighted by Gasteiger charge is 2.16. The molecule has 33 heavy (non-hydrogen) atoms. The molecule has 2 heterocycles. The SMILES string of the molecule is Cc1nnc2c(NCCCCNC(=O)OC(C)(C)C)nc3cc(NC(=O)C(C)C)ccc3n12. The number of aryl methyl sites for hydroxylation is 1. The highest BCUT2D eigenvalue weighted by molar-refractivity contribution is 5.94. The quantitative estimate of drug-likeness (QED) is 0.440. The number of hydrogen-bond acceptors (Lipinski definition) is 7. The summed E-state index contributed by atoms with van der Waals surface area (Å²) in [6.45, 7) is 12.3. The maximum absolute atomic E-state index is 12.1. The molecule has 178 valence electrons. The van der Waals surface area contributed by atoms with Gasteiger partial charge in [-0.2, -0.15) is 0 Å². The van der Waals surface area contributed by atoms with E-state index < -0.39 is 11.7 Å². The van der Waals surface area contributed by atoms with Crippen molar-refractivity contribution in [2.75, 3.05) is 23.7 Å². The van der Waals surface area contributed by atoms with E-state index in [0.717, 1.165) is 29.7 Å². The zero-order chi connectivity index (χ0) is 24.2. The van der Waals surface area contributed by atoms with Crippen LogP contribution < -0.4 is 16.0 Å². The molecular formula is C23H33N7O3. The van der Waals surface area contributed by atoms with Gasteiger partial charge in [0.25, 0.3) is 0 Å². The zero-order valence-electron chi connectivity index (χ0n) is 20.2. The number of unbranched alkanes of at least 4 members (excludes halogenated alkanes) is 1. The number of ether oxygens (including phenoxy) is 1. The third kappa shape index (κ3) is 6.30. The molecular weight excluding hydrogens is 422 g/mol. The summed E-state index contributed by atoms with van der Waals surface area (Å²) in [5, 5.41) is 17.5. The van der Waals surface area contributed by atoms with E-state index in [1.807, 2.05) is 64.1 Å². The Morgan fingerprint density at radius 1 is 1.12 bits per heavy atom. The maximum atomic E-state index is 12.1. The number of aromatic nitrogens is 4. The van der Waals surface area contributed by atoms with Crippen LogP contribution >= 0.6 is 0 Å². The molecule has 10 nitrogen and oxygen atoms in total. The summed E-state index contributed by atoms with van der Waals surface area (Å²) in [6.07, 6.45) is 1.19. The van der Waals surface area contributed by atoms with E-state index in [1.165, 1.54) is 0 Å². The number of nitrogens with zero attached hydrogens (tertiary/aromatic N) is 4. The van der Waals surface area contributed by atoms with Gasteiger partial charge in [0, 0.05) is 24.7 Å². The number of rotatable bonds is 8. The standard InChI is InChI=1S/C23H33N7O3/c1-14(2)21(31)26-16-9-10-18-17(13-16)27-19(20-29-28-15(3)30(18)20)24-11-7-8-12-25-22(32)33-23(4,5)6/h9-10,13-14H,7-8,11-12H2,1-6H3,(H,24,27)(H,25,32)(H,26,31). The van der Waals surface area contributed by atoms with Crippen LogP contribution in [-0.2, 0) is 9.53 Å². The van der Waals surface area contributed by atoms with Gasteiger partial charge in [0.15, 0.2) is 5.82 Å². The summed E-state index contributed by atoms with van der Waals surface area (Å²) in [5.41, 5.74) is 2.42. The monoisotopic (exact) mass is 455 g/mol. The van der Waals surface area contributed by atoms with Gasteiger partial charge in [-0.25, -0.2) is 9.78 Å². The predicted octanol–water partition coefficient (Wildman–Crippen LogP) is 3.90. The molecule has 0 fully saturated rings. The van der Waals surface area contributed by atoms with Crippen LogP contribution in [0, 0.1) is 12.8 Å². The van der Waals surface area contributed by atoms with Crippen molar-refractivity contribution in [2.45, 2.75) is 60.0 Å². The largest absolute Gasteiger partial charge is 0.444 e. The van der Waals surface area contributed by atoms with Crippen LogP contribution in [0.3, 0.4) is 0 Å². The number of amides is 2. The first-order valence-corrected chi connectivity index (χ1v) is 11.2. The van der Waals surface area contributed by atoms with E-state index in [9.17, 15) is 9.59 Å². The Bertz CT molecular complexity index is 1150. The number of nitrogens with one attached hydrogen (secondary N) is 3. The number of carbonyl (C=O) groups excluding carboxylic acids is 2. The molecule has 0 aliphatic heterocycles. The van der Waals surface area contributed by atoms with Gasteiger partial charge < -0.3 is 20.7 Å². The Kier molecular flexibility index (Phi) is 7.35. The average molecular weight is 456 g/mol. The van der Waals surface area contributed by atoms with E-state index >= 15 is 0 Å². The summed E-state index contributed by atoms with van der Waals surface area (Å²) >= 11 is 0. The van der Waals surface area contributed by atoms with Crippen molar-refractivity contribution < 1.29 is 14.3 Å². The Morgan fingerprint density at radius 2 is 1.85 bits per heavy atom. The van der Waals surface area contributed by atoms with Gasteiger partial charge in [-0.05, 0) is 58.7 Å². The minimum absolute atomic E-state index is 0.0470. The van der Waals surface area contributed by atoms with E-state index in [1.54, 1.807) is 0 Å². The smallest absolute Gasteiger partial charge is 0.407 e. The van der Waals surface area contributed by atoms with Crippen LogP contribution in [0.4, 0.5) is 16.3 Å². The molecule has 0 aliphatic rings. The average Bonchev–Trinajstić information content (AvgIpc) is 3.11. The van der Waals surface area contributed by atoms with Crippen molar-refractivity contribution in [1.82, 2.24) is 24.9 Å². The molecule has 0 spiro atoms. The van der Waals surface area contributed by atoms with Gasteiger partial charge in [0.2, 0.25) is 11.6 Å². The zero-order valence-corrected chi connectivity index (χ0v) is 20.2. The lowest BCUT2D eigenvalue weighted by Crippen LogP contribution is -2.33. The summed E-state index contributed by atoms with van der Waals surface area (Å²) < 4.78 is 7.18. The molecule has 0 aliphatic carbocycles. The Hall–Kier alpha value is -3.43. The van der Waals surface area contributed by atoms with E-state index in [0.29, 0.717) is 30.2 Å². The van der Waals surface area contributed by atoms with Gasteiger partial charge in [-0.1, -0.05) is 13.8 Å². The second-order valence-electron chi connectivity index (χ2n) is 9.28. The first-order chi connectivity index (χ1) is 15.5. The molecule has 0 saturated carbocycles. The van der Waals surface area contributed by atoms with Crippen molar-refractivity contribution in [3.05, 3.63) is 24.0 Å². The maximum Gasteiger partial charge on any atom is 0.407 e. The van der Waals surface area contributed by atoms with Gasteiger partial charge in [-0.15, -0.1) is 10.2 Å². The summed E-state index contributed by atoms with van der Waals surface area (Å²) in [7, 11) is 0. The van der Waals surface area contributed by atoms with Crippen molar-refractivity contribution in [3.8, 4) is 0 Å². The number of fused-ring (bicyclic) bond motifs is 3. The van der Waals surface area contributed by atoms with Crippen molar-refractivity contribution in [2.24, 2.45) is 5.92 Å². The molecule has 3 rings (SSSR count). The van der Waals surface area contributed by atoms with E-state index in [-0.39, 0.29) is 11.8 Å². The molecule has 0 saturated heterocycles. The molecule has 2 amide bonds. The Balaban J connectivity index is 1.67. The predicted molar refractivity (Wildman–Crippen MR) is 128 cm³/mol. The Morgan fingerprint density at radius 3 is 2.55 bits per heavy atom. The molecule has 3 N–H and O–H groups in total. The first-order valence-electron chi connectivity index (χ1n) is 11.2. The molecule has 0 atom stereocenters. The number of carbonyl (C=O) groups is 2.